The van der Waals surface area contributed by atoms with Gasteiger partial charge in [-0.25, -0.2) is 8.78 Å². The summed E-state index contributed by atoms with van der Waals surface area (Å²) in [4.78, 5) is 14.4. The van der Waals surface area contributed by atoms with E-state index in [1.807, 2.05) is 10.7 Å². The summed E-state index contributed by atoms with van der Waals surface area (Å²) >= 11 is 4.98. The van der Waals surface area contributed by atoms with Crippen molar-refractivity contribution in [1.29, 1.82) is 0 Å². The molecule has 1 aliphatic rings. The van der Waals surface area contributed by atoms with Crippen LogP contribution >= 0.6 is 27.3 Å². The van der Waals surface area contributed by atoms with Crippen LogP contribution in [-0.4, -0.2) is 21.9 Å². The third-order valence-corrected chi connectivity index (χ3v) is 6.39. The number of hydrogen-bond acceptors (Lipinski definition) is 4. The summed E-state index contributed by atoms with van der Waals surface area (Å²) in [6.45, 7) is 0.836. The minimum absolute atomic E-state index is 0.201. The number of carbonyl (C=O) groups is 1. The Bertz CT molecular complexity index is 1050. The number of amides is 1. The van der Waals surface area contributed by atoms with Gasteiger partial charge in [0, 0.05) is 23.4 Å². The Morgan fingerprint density at radius 2 is 2.18 bits per heavy atom. The van der Waals surface area contributed by atoms with Crippen LogP contribution in [0.5, 0.6) is 0 Å². The number of fused-ring (bicyclic) bond motifs is 3. The van der Waals surface area contributed by atoms with E-state index < -0.39 is 17.8 Å². The summed E-state index contributed by atoms with van der Waals surface area (Å²) < 4.78 is 29.2. The van der Waals surface area contributed by atoms with Gasteiger partial charge in [-0.15, -0.1) is 11.3 Å². The quantitative estimate of drug-likeness (QED) is 0.573. The second kappa shape index (κ2) is 7.73. The van der Waals surface area contributed by atoms with Crippen LogP contribution < -0.4 is 11.1 Å². The number of benzene rings is 1. The fraction of sp³-hybridized carbons (Fsp3) is 0.263. The molecule has 9 heteroatoms. The zero-order valence-corrected chi connectivity index (χ0v) is 17.1. The predicted octanol–water partition coefficient (Wildman–Crippen LogP) is 3.86. The smallest absolute Gasteiger partial charge is 0.262 e. The summed E-state index contributed by atoms with van der Waals surface area (Å²) in [5, 5.41) is 7.11. The van der Waals surface area contributed by atoms with Crippen molar-refractivity contribution in [3.05, 3.63) is 61.9 Å². The minimum Gasteiger partial charge on any atom is -0.336 e. The van der Waals surface area contributed by atoms with E-state index in [1.165, 1.54) is 17.4 Å². The van der Waals surface area contributed by atoms with E-state index in [0.29, 0.717) is 10.4 Å². The largest absolute Gasteiger partial charge is 0.336 e. The molecule has 146 valence electrons. The maximum atomic E-state index is 13.3. The van der Waals surface area contributed by atoms with Gasteiger partial charge < -0.3 is 11.1 Å². The molecular weight excluding hydrogens is 450 g/mol. The topological polar surface area (TPSA) is 72.9 Å². The van der Waals surface area contributed by atoms with Crippen molar-refractivity contribution < 1.29 is 13.6 Å². The van der Waals surface area contributed by atoms with E-state index in [2.05, 4.69) is 26.3 Å². The lowest BCUT2D eigenvalue weighted by molar-refractivity contribution is 0.0942. The molecule has 2 aromatic heterocycles. The van der Waals surface area contributed by atoms with Crippen molar-refractivity contribution in [1.82, 2.24) is 15.1 Å². The van der Waals surface area contributed by atoms with Crippen LogP contribution in [0.4, 0.5) is 8.78 Å². The number of aryl methyl sites for hydroxylation is 2. The molecule has 3 N–H and O–H groups in total. The molecule has 0 saturated carbocycles. The molecule has 0 fully saturated rings. The number of carbonyl (C=O) groups excluding carboxylic acids is 1. The average molecular weight is 467 g/mol. The summed E-state index contributed by atoms with van der Waals surface area (Å²) in [6, 6.07) is 5.46. The van der Waals surface area contributed by atoms with Gasteiger partial charge in [0.25, 0.3) is 5.91 Å². The number of halogens is 3. The van der Waals surface area contributed by atoms with Crippen molar-refractivity contribution in [3.63, 3.8) is 0 Å². The Morgan fingerprint density at radius 3 is 2.96 bits per heavy atom. The molecule has 0 bridgehead atoms. The number of hydrogen-bond donors (Lipinski definition) is 2. The first-order valence-corrected chi connectivity index (χ1v) is 10.4. The van der Waals surface area contributed by atoms with Gasteiger partial charge in [-0.3, -0.25) is 9.48 Å². The van der Waals surface area contributed by atoms with Crippen LogP contribution in [0, 0.1) is 11.6 Å². The van der Waals surface area contributed by atoms with E-state index in [-0.39, 0.29) is 12.3 Å². The molecule has 0 saturated heterocycles. The first kappa shape index (κ1) is 19.2. The zero-order chi connectivity index (χ0) is 19.8. The van der Waals surface area contributed by atoms with Crippen LogP contribution in [0.3, 0.4) is 0 Å². The highest BCUT2D eigenvalue weighted by molar-refractivity contribution is 9.10. The van der Waals surface area contributed by atoms with Gasteiger partial charge >= 0.3 is 0 Å². The molecular formula is C19H17BrF2N4OS. The van der Waals surface area contributed by atoms with Gasteiger partial charge in [-0.05, 0) is 52.5 Å². The Morgan fingerprint density at radius 1 is 1.36 bits per heavy atom. The van der Waals surface area contributed by atoms with E-state index in [1.54, 1.807) is 6.20 Å². The standard InChI is InChI=1S/C19H17BrF2N4OS/c20-12-9-24-26-5-1-2-15-11(18(12)26)8-16(28-15)19(27)25-17(23)7-10-3-4-13(21)14(22)6-10/h3-4,6,8-9,17H,1-2,5,7,23H2,(H,25,27). The number of rotatable bonds is 4. The highest BCUT2D eigenvalue weighted by atomic mass is 79.9. The first-order valence-electron chi connectivity index (χ1n) is 8.77. The van der Waals surface area contributed by atoms with Gasteiger partial charge in [0.1, 0.15) is 0 Å². The van der Waals surface area contributed by atoms with E-state index in [4.69, 9.17) is 5.73 Å². The van der Waals surface area contributed by atoms with Gasteiger partial charge in [-0.1, -0.05) is 6.07 Å². The number of nitrogens with two attached hydrogens (primary N) is 1. The van der Waals surface area contributed by atoms with Crippen LogP contribution in [-0.2, 0) is 19.4 Å². The fourth-order valence-corrected chi connectivity index (χ4v) is 4.94. The molecule has 1 aliphatic heterocycles. The average Bonchev–Trinajstić information content (AvgIpc) is 3.17. The summed E-state index contributed by atoms with van der Waals surface area (Å²) in [5.41, 5.74) is 8.50. The predicted molar refractivity (Wildman–Crippen MR) is 107 cm³/mol. The Hall–Kier alpha value is -2.10. The van der Waals surface area contributed by atoms with E-state index in [0.717, 1.165) is 52.1 Å². The number of aromatic nitrogens is 2. The number of thiophene rings is 1. The molecule has 0 aliphatic carbocycles. The van der Waals surface area contributed by atoms with Crippen LogP contribution in [0.1, 0.15) is 26.5 Å². The van der Waals surface area contributed by atoms with Crippen LogP contribution in [0.25, 0.3) is 11.3 Å². The third kappa shape index (κ3) is 3.74. The molecule has 1 amide bonds. The maximum Gasteiger partial charge on any atom is 0.262 e. The van der Waals surface area contributed by atoms with Crippen LogP contribution in [0.2, 0.25) is 0 Å². The van der Waals surface area contributed by atoms with Crippen molar-refractivity contribution in [2.75, 3.05) is 0 Å². The van der Waals surface area contributed by atoms with E-state index in [9.17, 15) is 13.6 Å². The Kier molecular flexibility index (Phi) is 5.31. The summed E-state index contributed by atoms with van der Waals surface area (Å²) in [7, 11) is 0. The monoisotopic (exact) mass is 466 g/mol. The van der Waals surface area contributed by atoms with E-state index >= 15 is 0 Å². The summed E-state index contributed by atoms with van der Waals surface area (Å²) in [5.74, 6) is -2.12. The van der Waals surface area contributed by atoms with Crippen LogP contribution in [0.15, 0.2) is 34.9 Å². The Balaban J connectivity index is 1.51. The minimum atomic E-state index is -0.930. The molecule has 1 unspecified atom stereocenters. The van der Waals surface area contributed by atoms with Gasteiger partial charge in [0.2, 0.25) is 0 Å². The zero-order valence-electron chi connectivity index (χ0n) is 14.7. The lowest BCUT2D eigenvalue weighted by Gasteiger charge is -2.13. The molecule has 28 heavy (non-hydrogen) atoms. The second-order valence-corrected chi connectivity index (χ2v) is 8.64. The molecule has 0 spiro atoms. The second-order valence-electron chi connectivity index (χ2n) is 6.65. The van der Waals surface area contributed by atoms with Crippen molar-refractivity contribution in [2.24, 2.45) is 5.73 Å². The number of nitrogens with one attached hydrogen (secondary N) is 1. The highest BCUT2D eigenvalue weighted by Gasteiger charge is 2.23. The molecule has 3 heterocycles. The van der Waals surface area contributed by atoms with Gasteiger partial charge in [-0.2, -0.15) is 5.10 Å². The summed E-state index contributed by atoms with van der Waals surface area (Å²) in [6.07, 6.45) is 3.08. The lowest BCUT2D eigenvalue weighted by atomic mass is 10.1. The SMILES string of the molecule is NC(Cc1ccc(F)c(F)c1)NC(=O)c1cc2c(s1)CCCn1ncc(Br)c1-2. The molecule has 1 atom stereocenters. The molecule has 0 radical (unpaired) electrons. The van der Waals surface area contributed by atoms with Crippen molar-refractivity contribution >= 4 is 33.2 Å². The highest BCUT2D eigenvalue weighted by Crippen LogP contribution is 2.38. The van der Waals surface area contributed by atoms with Gasteiger partial charge in [0.05, 0.1) is 27.4 Å². The first-order chi connectivity index (χ1) is 13.4. The van der Waals surface area contributed by atoms with Crippen molar-refractivity contribution in [3.8, 4) is 11.3 Å². The third-order valence-electron chi connectivity index (χ3n) is 4.61. The fourth-order valence-electron chi connectivity index (χ4n) is 3.33. The number of nitrogens with zero attached hydrogens (tertiary/aromatic N) is 2. The molecule has 1 aromatic carbocycles. The lowest BCUT2D eigenvalue weighted by Crippen LogP contribution is -2.42. The molecule has 5 nitrogen and oxygen atoms in total. The normalized spacial score (nSPS) is 14.1. The van der Waals surface area contributed by atoms with Gasteiger partial charge in [0.15, 0.2) is 11.6 Å². The molecule has 4 rings (SSSR count). The maximum absolute atomic E-state index is 13.3. The van der Waals surface area contributed by atoms with Crippen molar-refractivity contribution in [2.45, 2.75) is 32.0 Å². The Labute approximate surface area is 172 Å². The molecule has 3 aromatic rings.